The predicted octanol–water partition coefficient (Wildman–Crippen LogP) is 4.50. The number of aromatic nitrogens is 3. The first-order valence-electron chi connectivity index (χ1n) is 7.82. The summed E-state index contributed by atoms with van der Waals surface area (Å²) in [5.41, 5.74) is -3.94. The number of nitrogens with zero attached hydrogens (tertiary/aromatic N) is 3. The highest BCUT2D eigenvalue weighted by atomic mass is 35.5. The lowest BCUT2D eigenvalue weighted by Crippen LogP contribution is -2.33. The molecule has 31 heavy (non-hydrogen) atoms. The molecule has 1 amide bonds. The second-order valence-corrected chi connectivity index (χ2v) is 8.73. The molecule has 0 aliphatic heterocycles. The van der Waals surface area contributed by atoms with E-state index in [0.717, 1.165) is 30.3 Å². The molecule has 0 radical (unpaired) electrons. The number of hydrogen-bond donors (Lipinski definition) is 1. The molecule has 15 heteroatoms. The number of nitrogens with one attached hydrogen (secondary N) is 1. The summed E-state index contributed by atoms with van der Waals surface area (Å²) in [6, 6.07) is 5.97. The van der Waals surface area contributed by atoms with Crippen LogP contribution in [0.3, 0.4) is 0 Å². The molecule has 0 bridgehead atoms. The second-order valence-electron chi connectivity index (χ2n) is 5.80. The van der Waals surface area contributed by atoms with Crippen molar-refractivity contribution in [3.05, 3.63) is 68.7 Å². The predicted molar refractivity (Wildman–Crippen MR) is 102 cm³/mol. The standard InChI is InChI=1S/C16H7Cl3F4N4O3S/c17-7-2-4-11(10(20)5-7)27-14(16(21,22)23)13(24-26-27)15(28)25-31(29,30)12-6-8(18)1-3-9(12)19/h1-6H,(H,25,28). The van der Waals surface area contributed by atoms with Gasteiger partial charge in [-0.2, -0.15) is 13.2 Å². The van der Waals surface area contributed by atoms with Crippen LogP contribution in [0.2, 0.25) is 15.1 Å². The minimum atomic E-state index is -5.26. The fourth-order valence-electron chi connectivity index (χ4n) is 2.42. The fourth-order valence-corrected chi connectivity index (χ4v) is 4.29. The van der Waals surface area contributed by atoms with Crippen LogP contribution in [0.4, 0.5) is 17.6 Å². The molecule has 2 aromatic carbocycles. The van der Waals surface area contributed by atoms with Crippen molar-refractivity contribution in [2.24, 2.45) is 0 Å². The first kappa shape index (κ1) is 23.3. The number of amides is 1. The topological polar surface area (TPSA) is 93.9 Å². The van der Waals surface area contributed by atoms with E-state index in [1.807, 2.05) is 0 Å². The Morgan fingerprint density at radius 3 is 2.26 bits per heavy atom. The Hall–Kier alpha value is -2.41. The number of carbonyl (C=O) groups is 1. The zero-order chi connectivity index (χ0) is 23.1. The molecular weight excluding hydrogens is 511 g/mol. The molecule has 1 aromatic heterocycles. The van der Waals surface area contributed by atoms with E-state index in [1.165, 1.54) is 10.8 Å². The lowest BCUT2D eigenvalue weighted by molar-refractivity contribution is -0.143. The average molecular weight is 518 g/mol. The summed E-state index contributed by atoms with van der Waals surface area (Å²) in [5.74, 6) is -2.96. The van der Waals surface area contributed by atoms with Crippen LogP contribution in [0.5, 0.6) is 0 Å². The molecule has 7 nitrogen and oxygen atoms in total. The van der Waals surface area contributed by atoms with E-state index in [4.69, 9.17) is 34.8 Å². The number of hydrogen-bond acceptors (Lipinski definition) is 5. The van der Waals surface area contributed by atoms with Crippen molar-refractivity contribution >= 4 is 50.7 Å². The third kappa shape index (κ3) is 4.76. The average Bonchev–Trinajstić information content (AvgIpc) is 3.08. The third-order valence-electron chi connectivity index (χ3n) is 3.70. The molecular formula is C16H7Cl3F4N4O3S. The Morgan fingerprint density at radius 1 is 1.03 bits per heavy atom. The fraction of sp³-hybridized carbons (Fsp3) is 0.0625. The van der Waals surface area contributed by atoms with Gasteiger partial charge in [-0.05, 0) is 36.4 Å². The highest BCUT2D eigenvalue weighted by Gasteiger charge is 2.43. The first-order valence-corrected chi connectivity index (χ1v) is 10.4. The summed E-state index contributed by atoms with van der Waals surface area (Å²) in [4.78, 5) is 11.7. The van der Waals surface area contributed by atoms with Crippen molar-refractivity contribution in [3.63, 3.8) is 0 Å². The van der Waals surface area contributed by atoms with Gasteiger partial charge in [-0.15, -0.1) is 5.10 Å². The number of carbonyl (C=O) groups excluding carboxylic acids is 1. The molecule has 0 fully saturated rings. The van der Waals surface area contributed by atoms with E-state index in [9.17, 15) is 30.8 Å². The number of halogens is 7. The number of sulfonamides is 1. The lowest BCUT2D eigenvalue weighted by atomic mass is 10.2. The summed E-state index contributed by atoms with van der Waals surface area (Å²) in [6.07, 6.45) is -5.26. The molecule has 3 rings (SSSR count). The Kier molecular flexibility index (Phi) is 6.20. The van der Waals surface area contributed by atoms with Crippen LogP contribution in [0, 0.1) is 5.82 Å². The van der Waals surface area contributed by atoms with Gasteiger partial charge in [-0.25, -0.2) is 22.2 Å². The van der Waals surface area contributed by atoms with Crippen molar-refractivity contribution in [2.45, 2.75) is 11.1 Å². The van der Waals surface area contributed by atoms with Gasteiger partial charge in [0.1, 0.15) is 16.4 Å². The van der Waals surface area contributed by atoms with Gasteiger partial charge in [0.2, 0.25) is 0 Å². The van der Waals surface area contributed by atoms with E-state index in [1.54, 1.807) is 0 Å². The zero-order valence-corrected chi connectivity index (χ0v) is 17.7. The van der Waals surface area contributed by atoms with E-state index < -0.39 is 49.9 Å². The molecule has 3 aromatic rings. The Morgan fingerprint density at radius 2 is 1.65 bits per heavy atom. The number of rotatable bonds is 4. The van der Waals surface area contributed by atoms with Crippen LogP contribution in [0.1, 0.15) is 16.2 Å². The maximum Gasteiger partial charge on any atom is 0.435 e. The van der Waals surface area contributed by atoms with Crippen LogP contribution < -0.4 is 4.72 Å². The Labute approximate surface area is 186 Å². The van der Waals surface area contributed by atoms with Gasteiger partial charge in [-0.1, -0.05) is 40.0 Å². The minimum Gasteiger partial charge on any atom is -0.266 e. The van der Waals surface area contributed by atoms with Crippen LogP contribution >= 0.6 is 34.8 Å². The highest BCUT2D eigenvalue weighted by molar-refractivity contribution is 7.90. The molecule has 164 valence electrons. The van der Waals surface area contributed by atoms with E-state index >= 15 is 0 Å². The molecule has 0 saturated carbocycles. The van der Waals surface area contributed by atoms with E-state index in [0.29, 0.717) is 0 Å². The molecule has 0 spiro atoms. The molecule has 0 saturated heterocycles. The smallest absolute Gasteiger partial charge is 0.266 e. The normalized spacial score (nSPS) is 12.1. The maximum atomic E-state index is 14.1. The maximum absolute atomic E-state index is 14.1. The van der Waals surface area contributed by atoms with Crippen molar-refractivity contribution in [3.8, 4) is 5.69 Å². The molecule has 1 heterocycles. The lowest BCUT2D eigenvalue weighted by Gasteiger charge is -2.12. The molecule has 0 unspecified atom stereocenters. The summed E-state index contributed by atoms with van der Waals surface area (Å²) >= 11 is 17.1. The molecule has 1 N–H and O–H groups in total. The van der Waals surface area contributed by atoms with Crippen molar-refractivity contribution < 1.29 is 30.8 Å². The Bertz CT molecular complexity index is 1300. The zero-order valence-electron chi connectivity index (χ0n) is 14.6. The minimum absolute atomic E-state index is 0.0135. The van der Waals surface area contributed by atoms with Crippen LogP contribution in [-0.4, -0.2) is 29.3 Å². The van der Waals surface area contributed by atoms with Crippen LogP contribution in [-0.2, 0) is 16.2 Å². The van der Waals surface area contributed by atoms with Gasteiger partial charge in [0.05, 0.1) is 5.02 Å². The summed E-state index contributed by atoms with van der Waals surface area (Å²) in [7, 11) is -4.74. The highest BCUT2D eigenvalue weighted by Crippen LogP contribution is 2.34. The van der Waals surface area contributed by atoms with Crippen molar-refractivity contribution in [1.29, 1.82) is 0 Å². The quantitative estimate of drug-likeness (QED) is 0.514. The van der Waals surface area contributed by atoms with Gasteiger partial charge in [-0.3, -0.25) is 4.79 Å². The SMILES string of the molecule is O=C(NS(=O)(=O)c1cc(Cl)ccc1Cl)c1nnn(-c2ccc(Cl)cc2F)c1C(F)(F)F. The van der Waals surface area contributed by atoms with Gasteiger partial charge in [0.15, 0.2) is 11.4 Å². The second kappa shape index (κ2) is 8.26. The number of benzene rings is 2. The molecule has 0 aliphatic carbocycles. The largest absolute Gasteiger partial charge is 0.435 e. The van der Waals surface area contributed by atoms with Gasteiger partial charge in [0.25, 0.3) is 15.9 Å². The molecule has 0 atom stereocenters. The molecule has 0 aliphatic rings. The van der Waals surface area contributed by atoms with Gasteiger partial charge < -0.3 is 0 Å². The Balaban J connectivity index is 2.08. The van der Waals surface area contributed by atoms with Crippen molar-refractivity contribution in [1.82, 2.24) is 19.7 Å². The monoisotopic (exact) mass is 516 g/mol. The van der Waals surface area contributed by atoms with Crippen molar-refractivity contribution in [2.75, 3.05) is 0 Å². The summed E-state index contributed by atoms with van der Waals surface area (Å²) < 4.78 is 81.4. The van der Waals surface area contributed by atoms with Gasteiger partial charge >= 0.3 is 6.18 Å². The summed E-state index contributed by atoms with van der Waals surface area (Å²) in [5, 5.41) is 5.76. The van der Waals surface area contributed by atoms with Crippen LogP contribution in [0.15, 0.2) is 41.3 Å². The van der Waals surface area contributed by atoms with E-state index in [2.05, 4.69) is 10.3 Å². The summed E-state index contributed by atoms with van der Waals surface area (Å²) in [6.45, 7) is 0. The van der Waals surface area contributed by atoms with E-state index in [-0.39, 0.29) is 19.7 Å². The third-order valence-corrected chi connectivity index (χ3v) is 5.98. The van der Waals surface area contributed by atoms with Crippen LogP contribution in [0.25, 0.3) is 5.69 Å². The first-order chi connectivity index (χ1) is 14.3. The van der Waals surface area contributed by atoms with Gasteiger partial charge in [0, 0.05) is 10.0 Å². The number of alkyl halides is 3.